The highest BCUT2D eigenvalue weighted by Gasteiger charge is 2.27. The average Bonchev–Trinajstić information content (AvgIpc) is 3.24. The Balaban J connectivity index is 1.30. The molecular formula is C21H22N4O2. The standard InChI is InChI=1S/C21H22N4O2/c26-19(9-8-16-5-2-1-3-6-16)25-13-10-17(11-14-25)20-23-21(27-24-20)18-7-4-12-22-15-18/h1-7,12,15,17H,8-11,13-14H2. The van der Waals surface area contributed by atoms with E-state index in [4.69, 9.17) is 4.52 Å². The van der Waals surface area contributed by atoms with E-state index in [0.29, 0.717) is 12.3 Å². The first kappa shape index (κ1) is 17.4. The minimum absolute atomic E-state index is 0.224. The number of rotatable bonds is 5. The van der Waals surface area contributed by atoms with Crippen LogP contribution in [0.3, 0.4) is 0 Å². The zero-order valence-corrected chi connectivity index (χ0v) is 15.1. The molecule has 0 spiro atoms. The molecule has 3 aromatic rings. The van der Waals surface area contributed by atoms with Crippen molar-refractivity contribution in [2.45, 2.75) is 31.6 Å². The Morgan fingerprint density at radius 1 is 1.11 bits per heavy atom. The van der Waals surface area contributed by atoms with Gasteiger partial charge in [-0.05, 0) is 37.0 Å². The summed E-state index contributed by atoms with van der Waals surface area (Å²) in [4.78, 5) is 23.0. The molecule has 3 heterocycles. The molecule has 6 heteroatoms. The van der Waals surface area contributed by atoms with Crippen molar-refractivity contribution in [2.75, 3.05) is 13.1 Å². The van der Waals surface area contributed by atoms with Crippen LogP contribution in [-0.4, -0.2) is 39.0 Å². The van der Waals surface area contributed by atoms with Gasteiger partial charge in [0.1, 0.15) is 0 Å². The fraction of sp³-hybridized carbons (Fsp3) is 0.333. The third-order valence-electron chi connectivity index (χ3n) is 5.03. The van der Waals surface area contributed by atoms with Crippen LogP contribution in [0.5, 0.6) is 0 Å². The number of carbonyl (C=O) groups is 1. The summed E-state index contributed by atoms with van der Waals surface area (Å²) in [6.07, 6.45) is 6.50. The van der Waals surface area contributed by atoms with Crippen LogP contribution in [0.25, 0.3) is 11.5 Å². The Labute approximate surface area is 158 Å². The summed E-state index contributed by atoms with van der Waals surface area (Å²) >= 11 is 0. The summed E-state index contributed by atoms with van der Waals surface area (Å²) in [5.41, 5.74) is 2.03. The van der Waals surface area contributed by atoms with E-state index in [1.54, 1.807) is 12.4 Å². The molecule has 0 bridgehead atoms. The molecule has 27 heavy (non-hydrogen) atoms. The number of aromatic nitrogens is 3. The number of amides is 1. The number of pyridine rings is 1. The SMILES string of the molecule is O=C(CCc1ccccc1)N1CCC(c2noc(-c3cccnc3)n2)CC1. The molecule has 6 nitrogen and oxygen atoms in total. The lowest BCUT2D eigenvalue weighted by atomic mass is 9.95. The Morgan fingerprint density at radius 3 is 2.67 bits per heavy atom. The second kappa shape index (κ2) is 8.12. The maximum atomic E-state index is 12.5. The zero-order valence-electron chi connectivity index (χ0n) is 15.1. The highest BCUT2D eigenvalue weighted by Crippen LogP contribution is 2.28. The number of hydrogen-bond donors (Lipinski definition) is 0. The summed E-state index contributed by atoms with van der Waals surface area (Å²) < 4.78 is 5.38. The Hall–Kier alpha value is -3.02. The van der Waals surface area contributed by atoms with E-state index in [-0.39, 0.29) is 11.8 Å². The van der Waals surface area contributed by atoms with Gasteiger partial charge in [0.25, 0.3) is 5.89 Å². The van der Waals surface area contributed by atoms with Crippen LogP contribution >= 0.6 is 0 Å². The third kappa shape index (κ3) is 4.22. The molecule has 1 amide bonds. The molecule has 2 aromatic heterocycles. The van der Waals surface area contributed by atoms with Gasteiger partial charge in [-0.2, -0.15) is 4.98 Å². The smallest absolute Gasteiger partial charge is 0.259 e. The van der Waals surface area contributed by atoms with Crippen LogP contribution in [0.2, 0.25) is 0 Å². The van der Waals surface area contributed by atoms with Crippen molar-refractivity contribution in [3.8, 4) is 11.5 Å². The van der Waals surface area contributed by atoms with E-state index >= 15 is 0 Å². The van der Waals surface area contributed by atoms with Crippen molar-refractivity contribution in [1.29, 1.82) is 0 Å². The minimum Gasteiger partial charge on any atom is -0.343 e. The lowest BCUT2D eigenvalue weighted by molar-refractivity contribution is -0.132. The summed E-state index contributed by atoms with van der Waals surface area (Å²) in [5.74, 6) is 1.68. The molecule has 0 unspecified atom stereocenters. The van der Waals surface area contributed by atoms with Crippen LogP contribution in [0, 0.1) is 0 Å². The van der Waals surface area contributed by atoms with Gasteiger partial charge in [-0.1, -0.05) is 35.5 Å². The molecule has 0 atom stereocenters. The fourth-order valence-electron chi connectivity index (χ4n) is 3.45. The molecule has 0 saturated carbocycles. The molecule has 1 fully saturated rings. The maximum Gasteiger partial charge on any atom is 0.259 e. The molecule has 1 aliphatic rings. The molecule has 138 valence electrons. The number of nitrogens with zero attached hydrogens (tertiary/aromatic N) is 4. The normalized spacial score (nSPS) is 15.0. The zero-order chi connectivity index (χ0) is 18.5. The summed E-state index contributed by atoms with van der Waals surface area (Å²) in [7, 11) is 0. The molecule has 4 rings (SSSR count). The van der Waals surface area contributed by atoms with Crippen molar-refractivity contribution in [2.24, 2.45) is 0 Å². The molecule has 1 aliphatic heterocycles. The van der Waals surface area contributed by atoms with E-state index in [1.807, 2.05) is 35.2 Å². The Bertz CT molecular complexity index is 871. The van der Waals surface area contributed by atoms with Crippen molar-refractivity contribution in [3.05, 3.63) is 66.2 Å². The molecule has 1 aromatic carbocycles. The molecule has 0 aliphatic carbocycles. The number of aryl methyl sites for hydroxylation is 1. The number of likely N-dealkylation sites (tertiary alicyclic amines) is 1. The van der Waals surface area contributed by atoms with Gasteiger partial charge < -0.3 is 9.42 Å². The largest absolute Gasteiger partial charge is 0.343 e. The third-order valence-corrected chi connectivity index (χ3v) is 5.03. The van der Waals surface area contributed by atoms with Crippen molar-refractivity contribution < 1.29 is 9.32 Å². The van der Waals surface area contributed by atoms with Gasteiger partial charge in [-0.25, -0.2) is 0 Å². The van der Waals surface area contributed by atoms with Crippen LogP contribution in [-0.2, 0) is 11.2 Å². The lowest BCUT2D eigenvalue weighted by Gasteiger charge is -2.30. The molecule has 0 radical (unpaired) electrons. The monoisotopic (exact) mass is 362 g/mol. The minimum atomic E-state index is 0.224. The summed E-state index contributed by atoms with van der Waals surface area (Å²) in [6.45, 7) is 1.49. The fourth-order valence-corrected chi connectivity index (χ4v) is 3.45. The Kier molecular flexibility index (Phi) is 5.23. The van der Waals surface area contributed by atoms with Crippen LogP contribution < -0.4 is 0 Å². The van der Waals surface area contributed by atoms with Crippen LogP contribution in [0.15, 0.2) is 59.4 Å². The van der Waals surface area contributed by atoms with Crippen molar-refractivity contribution in [1.82, 2.24) is 20.0 Å². The second-order valence-corrected chi connectivity index (χ2v) is 6.84. The van der Waals surface area contributed by atoms with Crippen molar-refractivity contribution in [3.63, 3.8) is 0 Å². The van der Waals surface area contributed by atoms with Gasteiger partial charge >= 0.3 is 0 Å². The summed E-state index contributed by atoms with van der Waals surface area (Å²) in [6, 6.07) is 13.9. The first-order chi connectivity index (χ1) is 13.3. The topological polar surface area (TPSA) is 72.1 Å². The van der Waals surface area contributed by atoms with Gasteiger partial charge in [-0.15, -0.1) is 0 Å². The van der Waals surface area contributed by atoms with Crippen LogP contribution in [0.1, 0.15) is 36.6 Å². The predicted octanol–water partition coefficient (Wildman–Crippen LogP) is 3.47. The Morgan fingerprint density at radius 2 is 1.93 bits per heavy atom. The quantitative estimate of drug-likeness (QED) is 0.695. The molecule has 0 N–H and O–H groups in total. The van der Waals surface area contributed by atoms with Crippen LogP contribution in [0.4, 0.5) is 0 Å². The summed E-state index contributed by atoms with van der Waals surface area (Å²) in [5, 5.41) is 4.14. The van der Waals surface area contributed by atoms with Gasteiger partial charge in [0, 0.05) is 37.8 Å². The van der Waals surface area contributed by atoms with Gasteiger partial charge in [-0.3, -0.25) is 9.78 Å². The average molecular weight is 362 g/mol. The number of hydrogen-bond acceptors (Lipinski definition) is 5. The van der Waals surface area contributed by atoms with E-state index in [1.165, 1.54) is 5.56 Å². The first-order valence-corrected chi connectivity index (χ1v) is 9.35. The predicted molar refractivity (Wildman–Crippen MR) is 101 cm³/mol. The molecular weight excluding hydrogens is 340 g/mol. The van der Waals surface area contributed by atoms with Gasteiger partial charge in [0.2, 0.25) is 5.91 Å². The van der Waals surface area contributed by atoms with E-state index in [0.717, 1.165) is 43.7 Å². The second-order valence-electron chi connectivity index (χ2n) is 6.84. The number of carbonyl (C=O) groups excluding carboxylic acids is 1. The highest BCUT2D eigenvalue weighted by molar-refractivity contribution is 5.76. The van der Waals surface area contributed by atoms with E-state index < -0.39 is 0 Å². The lowest BCUT2D eigenvalue weighted by Crippen LogP contribution is -2.38. The number of benzene rings is 1. The van der Waals surface area contributed by atoms with E-state index in [9.17, 15) is 4.79 Å². The van der Waals surface area contributed by atoms with Gasteiger partial charge in [0.15, 0.2) is 5.82 Å². The van der Waals surface area contributed by atoms with E-state index in [2.05, 4.69) is 27.3 Å². The number of piperidine rings is 1. The maximum absolute atomic E-state index is 12.5. The first-order valence-electron chi connectivity index (χ1n) is 9.35. The van der Waals surface area contributed by atoms with Gasteiger partial charge in [0.05, 0.1) is 5.56 Å². The molecule has 1 saturated heterocycles. The highest BCUT2D eigenvalue weighted by atomic mass is 16.5. The van der Waals surface area contributed by atoms with Crippen molar-refractivity contribution >= 4 is 5.91 Å².